The topological polar surface area (TPSA) is 48.8 Å². The van der Waals surface area contributed by atoms with Gasteiger partial charge in [-0.2, -0.15) is 0 Å². The van der Waals surface area contributed by atoms with Gasteiger partial charge in [0.05, 0.1) is 0 Å². The first-order chi connectivity index (χ1) is 17.7. The maximum atomic E-state index is 14.1. The number of aromatic nitrogens is 1. The van der Waals surface area contributed by atoms with Gasteiger partial charge in [0, 0.05) is 60.7 Å². The van der Waals surface area contributed by atoms with Crippen molar-refractivity contribution in [2.75, 3.05) is 32.7 Å². The molecule has 0 bridgehead atoms. The second-order valence-electron chi connectivity index (χ2n) is 13.3. The minimum Gasteiger partial charge on any atom is -0.339 e. The van der Waals surface area contributed by atoms with Crippen LogP contribution in [0.4, 0.5) is 0 Å². The van der Waals surface area contributed by atoms with E-state index in [1.54, 1.807) is 0 Å². The molecule has 8 atom stereocenters. The number of hydrogen-bond donors (Lipinski definition) is 0. The summed E-state index contributed by atoms with van der Waals surface area (Å²) in [4.78, 5) is 35.4. The van der Waals surface area contributed by atoms with Crippen LogP contribution in [0.15, 0.2) is 16.9 Å². The van der Waals surface area contributed by atoms with Gasteiger partial charge in [0.25, 0.3) is 5.56 Å². The van der Waals surface area contributed by atoms with Crippen molar-refractivity contribution in [2.24, 2.45) is 17.8 Å². The highest BCUT2D eigenvalue weighted by Crippen LogP contribution is 2.48. The molecule has 0 saturated carbocycles. The molecule has 6 nitrogen and oxygen atoms in total. The molecule has 0 N–H and O–H groups in total. The van der Waals surface area contributed by atoms with Gasteiger partial charge in [-0.25, -0.2) is 0 Å². The summed E-state index contributed by atoms with van der Waals surface area (Å²) in [6, 6.07) is 6.09. The summed E-state index contributed by atoms with van der Waals surface area (Å²) in [6.07, 6.45) is 11.6. The van der Waals surface area contributed by atoms with E-state index < -0.39 is 0 Å². The summed E-state index contributed by atoms with van der Waals surface area (Å²) < 4.78 is 2.17. The van der Waals surface area contributed by atoms with Crippen molar-refractivity contribution in [3.63, 3.8) is 0 Å². The van der Waals surface area contributed by atoms with Gasteiger partial charge in [0.2, 0.25) is 5.91 Å². The molecule has 194 valence electrons. The third-order valence-corrected chi connectivity index (χ3v) is 11.7. The molecule has 1 amide bonds. The molecule has 1 aromatic rings. The average Bonchev–Trinajstić information content (AvgIpc) is 2.90. The summed E-state index contributed by atoms with van der Waals surface area (Å²) in [7, 11) is 0. The molecule has 6 fully saturated rings. The van der Waals surface area contributed by atoms with Gasteiger partial charge in [-0.1, -0.05) is 6.07 Å². The van der Waals surface area contributed by atoms with E-state index in [0.29, 0.717) is 54.1 Å². The van der Waals surface area contributed by atoms with Crippen LogP contribution in [0.5, 0.6) is 0 Å². The number of amides is 1. The maximum absolute atomic E-state index is 14.1. The summed E-state index contributed by atoms with van der Waals surface area (Å²) in [5.74, 6) is 2.79. The van der Waals surface area contributed by atoms with Crippen molar-refractivity contribution in [3.05, 3.63) is 33.7 Å². The van der Waals surface area contributed by atoms with Gasteiger partial charge in [-0.15, -0.1) is 0 Å². The molecule has 0 spiro atoms. The highest BCUT2D eigenvalue weighted by atomic mass is 16.2. The number of rotatable bonds is 1. The van der Waals surface area contributed by atoms with E-state index in [2.05, 4.69) is 31.4 Å². The standard InChI is InChI=1S/C30H42N4O2/c35-27-16-21(15-26-24-8-4-14-32-12-1-5-19(29(24)32)17-33(26)27)22-9-10-25-23-7-3-13-31-11-2-6-20(28(23)31)18-34(25)30(22)36/h9-10,19-21,23-24,26,28-29H,1-8,11-18H2/t19-,20-,21-,23+,24+,26+,28-,29-/m0/s1. The number of nitrogens with zero attached hydrogens (tertiary/aromatic N) is 4. The fourth-order valence-corrected chi connectivity index (χ4v) is 10.4. The van der Waals surface area contributed by atoms with Crippen molar-refractivity contribution < 1.29 is 4.79 Å². The van der Waals surface area contributed by atoms with E-state index in [4.69, 9.17) is 0 Å². The lowest BCUT2D eigenvalue weighted by atomic mass is 9.66. The zero-order valence-electron chi connectivity index (χ0n) is 21.7. The number of carbonyl (C=O) groups is 1. The zero-order chi connectivity index (χ0) is 24.0. The first kappa shape index (κ1) is 22.3. The minimum absolute atomic E-state index is 0.0894. The smallest absolute Gasteiger partial charge is 0.254 e. The van der Waals surface area contributed by atoms with Crippen LogP contribution < -0.4 is 5.56 Å². The van der Waals surface area contributed by atoms with Gasteiger partial charge in [0.15, 0.2) is 0 Å². The number of hydrogen-bond acceptors (Lipinski definition) is 4. The lowest BCUT2D eigenvalue weighted by Crippen LogP contribution is -2.67. The van der Waals surface area contributed by atoms with Gasteiger partial charge in [-0.05, 0) is 108 Å². The molecule has 0 aromatic carbocycles. The minimum atomic E-state index is 0.0894. The van der Waals surface area contributed by atoms with Gasteiger partial charge < -0.3 is 9.47 Å². The second kappa shape index (κ2) is 8.42. The number of fused-ring (bicyclic) bond motifs is 4. The van der Waals surface area contributed by atoms with Crippen LogP contribution in [0.1, 0.15) is 87.3 Å². The average molecular weight is 491 g/mol. The Bertz CT molecular complexity index is 1110. The van der Waals surface area contributed by atoms with Crippen LogP contribution in [0.3, 0.4) is 0 Å². The Balaban J connectivity index is 1.12. The molecular formula is C30H42N4O2. The second-order valence-corrected chi connectivity index (χ2v) is 13.3. The monoisotopic (exact) mass is 490 g/mol. The molecule has 0 aliphatic carbocycles. The van der Waals surface area contributed by atoms with Gasteiger partial charge in [0.1, 0.15) is 0 Å². The normalized spacial score (nSPS) is 42.2. The Kier molecular flexibility index (Phi) is 5.23. The van der Waals surface area contributed by atoms with E-state index in [1.165, 1.54) is 83.2 Å². The Morgan fingerprint density at radius 2 is 1.44 bits per heavy atom. The molecule has 1 aromatic heterocycles. The van der Waals surface area contributed by atoms with Crippen LogP contribution >= 0.6 is 0 Å². The van der Waals surface area contributed by atoms with E-state index in [1.807, 2.05) is 0 Å². The number of piperidine rings is 6. The number of carbonyl (C=O) groups excluding carboxylic acids is 1. The molecule has 8 rings (SSSR count). The summed E-state index contributed by atoms with van der Waals surface area (Å²) >= 11 is 0. The van der Waals surface area contributed by atoms with Crippen molar-refractivity contribution in [1.82, 2.24) is 19.3 Å². The molecule has 7 aliphatic heterocycles. The third-order valence-electron chi connectivity index (χ3n) is 11.7. The van der Waals surface area contributed by atoms with Crippen molar-refractivity contribution in [2.45, 2.75) is 101 Å². The largest absolute Gasteiger partial charge is 0.339 e. The Morgan fingerprint density at radius 1 is 0.750 bits per heavy atom. The Hall–Kier alpha value is -1.66. The fourth-order valence-electron chi connectivity index (χ4n) is 10.4. The first-order valence-corrected chi connectivity index (χ1v) is 15.2. The van der Waals surface area contributed by atoms with Gasteiger partial charge >= 0.3 is 0 Å². The molecule has 0 radical (unpaired) electrons. The fraction of sp³-hybridized carbons (Fsp3) is 0.800. The molecular weight excluding hydrogens is 448 g/mol. The molecule has 0 unspecified atom stereocenters. The molecule has 36 heavy (non-hydrogen) atoms. The van der Waals surface area contributed by atoms with E-state index in [9.17, 15) is 9.59 Å². The van der Waals surface area contributed by atoms with E-state index >= 15 is 0 Å². The van der Waals surface area contributed by atoms with Gasteiger partial charge in [-0.3, -0.25) is 19.4 Å². The van der Waals surface area contributed by atoms with Crippen LogP contribution in [0.2, 0.25) is 0 Å². The SMILES string of the molecule is O=C1C[C@@H](c2ccc3n(c2=O)C[C@@H]2CCCN4CCC[C@H]3[C@H]24)C[C@@H]2[C@H]3CCCN4CCC[C@@H](CN12)[C@@H]34. The summed E-state index contributed by atoms with van der Waals surface area (Å²) in [6.45, 7) is 6.81. The summed E-state index contributed by atoms with van der Waals surface area (Å²) in [5.41, 5.74) is 2.45. The Morgan fingerprint density at radius 3 is 2.25 bits per heavy atom. The first-order valence-electron chi connectivity index (χ1n) is 15.2. The Labute approximate surface area is 215 Å². The lowest BCUT2D eigenvalue weighted by Gasteiger charge is -2.59. The van der Waals surface area contributed by atoms with E-state index in [-0.39, 0.29) is 11.5 Å². The predicted octanol–water partition coefficient (Wildman–Crippen LogP) is 3.40. The van der Waals surface area contributed by atoms with Crippen molar-refractivity contribution in [1.29, 1.82) is 0 Å². The van der Waals surface area contributed by atoms with Crippen molar-refractivity contribution in [3.8, 4) is 0 Å². The molecule has 6 heteroatoms. The van der Waals surface area contributed by atoms with Crippen LogP contribution in [0, 0.1) is 17.8 Å². The highest BCUT2D eigenvalue weighted by molar-refractivity contribution is 5.79. The molecule has 6 saturated heterocycles. The van der Waals surface area contributed by atoms with Crippen LogP contribution in [-0.2, 0) is 11.3 Å². The maximum Gasteiger partial charge on any atom is 0.254 e. The highest BCUT2D eigenvalue weighted by Gasteiger charge is 2.52. The van der Waals surface area contributed by atoms with Crippen molar-refractivity contribution >= 4 is 5.91 Å². The molecule has 8 heterocycles. The van der Waals surface area contributed by atoms with E-state index in [0.717, 1.165) is 25.1 Å². The predicted molar refractivity (Wildman–Crippen MR) is 139 cm³/mol. The zero-order valence-corrected chi connectivity index (χ0v) is 21.7. The lowest BCUT2D eigenvalue weighted by molar-refractivity contribution is -0.152. The van der Waals surface area contributed by atoms with Crippen LogP contribution in [0.25, 0.3) is 0 Å². The number of pyridine rings is 1. The summed E-state index contributed by atoms with van der Waals surface area (Å²) in [5, 5.41) is 0. The third kappa shape index (κ3) is 3.22. The molecule has 7 aliphatic rings. The quantitative estimate of drug-likeness (QED) is 0.606. The van der Waals surface area contributed by atoms with Crippen LogP contribution in [-0.4, -0.2) is 76.0 Å².